The van der Waals surface area contributed by atoms with Gasteiger partial charge in [-0.1, -0.05) is 29.4 Å². The van der Waals surface area contributed by atoms with Crippen molar-refractivity contribution in [2.24, 2.45) is 5.16 Å². The molecule has 2 saturated heterocycles. The Bertz CT molecular complexity index is 1440. The summed E-state index contributed by atoms with van der Waals surface area (Å²) in [6.45, 7) is 0.795. The average molecular weight is 615 g/mol. The molecule has 1 unspecified atom stereocenters. The van der Waals surface area contributed by atoms with Gasteiger partial charge in [0.1, 0.15) is 42.3 Å². The van der Waals surface area contributed by atoms with E-state index in [0.29, 0.717) is 17.1 Å². The number of amides is 2. The van der Waals surface area contributed by atoms with Crippen molar-refractivity contribution in [2.45, 2.75) is 30.5 Å². The highest BCUT2D eigenvalue weighted by Crippen LogP contribution is 2.41. The number of β-lactam (4-membered cyclic amide) rings is 1. The van der Waals surface area contributed by atoms with Crippen LogP contribution in [0.1, 0.15) is 17.7 Å². The van der Waals surface area contributed by atoms with Gasteiger partial charge in [-0.3, -0.25) is 19.3 Å². The number of thioether (sulfide) groups is 1. The number of aromatic nitrogens is 1. The number of hydrogen-bond acceptors (Lipinski definition) is 13. The van der Waals surface area contributed by atoms with Gasteiger partial charge in [-0.2, -0.15) is 5.06 Å². The molecule has 0 bridgehead atoms. The normalized spacial score (nSPS) is 22.6. The third kappa shape index (κ3) is 6.28. The van der Waals surface area contributed by atoms with Crippen molar-refractivity contribution in [2.75, 3.05) is 39.3 Å². The number of carbonyl (C=O) groups is 3. The molecular formula is C27H30N6O7S2. The SMILES string of the molecule is CO/N=C(\C(=O)N[C@@H]1C(=O)N2C(C(=O)OCc3ccc(OC)cc3)=C(/C=C/C3CCN(C)O3)CS[C@H]12)c1csc(N)n1. The monoisotopic (exact) mass is 614 g/mol. The van der Waals surface area contributed by atoms with E-state index < -0.39 is 29.2 Å². The number of benzene rings is 1. The number of thiazole rings is 1. The standard InChI is InChI=1S/C27H30N6O7S2/c1-32-11-10-18(40-32)9-6-16-13-41-25-21(30-23(34)20(31-38-3)19-14-42-27(28)29-19)24(35)33(25)22(16)26(36)39-12-15-4-7-17(37-2)8-5-15/h4-9,14,18,21,25H,10-13H2,1-3H3,(H2,28,29)(H,30,34)/b9-6+,31-20-/t18?,21-,25-/m1/s1. The van der Waals surface area contributed by atoms with E-state index in [1.54, 1.807) is 41.8 Å². The molecular weight excluding hydrogens is 584 g/mol. The highest BCUT2D eigenvalue weighted by Gasteiger charge is 2.54. The summed E-state index contributed by atoms with van der Waals surface area (Å²) >= 11 is 2.57. The third-order valence-corrected chi connectivity index (χ3v) is 8.70. The van der Waals surface area contributed by atoms with E-state index in [9.17, 15) is 14.4 Å². The predicted molar refractivity (Wildman–Crippen MR) is 156 cm³/mol. The number of hydrogen-bond donors (Lipinski definition) is 2. The number of allylic oxidation sites excluding steroid dienone is 1. The number of carbonyl (C=O) groups excluding carboxylic acids is 3. The van der Waals surface area contributed by atoms with E-state index in [0.717, 1.165) is 29.9 Å². The lowest BCUT2D eigenvalue weighted by Crippen LogP contribution is -2.71. The number of oxime groups is 1. The number of fused-ring (bicyclic) bond motifs is 1. The summed E-state index contributed by atoms with van der Waals surface area (Å²) in [6.07, 6.45) is 4.36. The Kier molecular flexibility index (Phi) is 9.11. The van der Waals surface area contributed by atoms with Crippen molar-refractivity contribution < 1.29 is 33.5 Å². The average Bonchev–Trinajstić information content (AvgIpc) is 3.63. The maximum Gasteiger partial charge on any atom is 0.355 e. The van der Waals surface area contributed by atoms with Gasteiger partial charge >= 0.3 is 5.97 Å². The van der Waals surface area contributed by atoms with Crippen molar-refractivity contribution in [1.29, 1.82) is 0 Å². The summed E-state index contributed by atoms with van der Waals surface area (Å²) in [5.41, 5.74) is 7.36. The molecule has 0 radical (unpaired) electrons. The van der Waals surface area contributed by atoms with Crippen LogP contribution in [0.25, 0.3) is 0 Å². The van der Waals surface area contributed by atoms with Gasteiger partial charge in [0.15, 0.2) is 10.8 Å². The maximum absolute atomic E-state index is 13.5. The van der Waals surface area contributed by atoms with E-state index in [-0.39, 0.29) is 34.9 Å². The Morgan fingerprint density at radius 2 is 2.07 bits per heavy atom. The first-order valence-electron chi connectivity index (χ1n) is 13.0. The fourth-order valence-electron chi connectivity index (χ4n) is 4.60. The lowest BCUT2D eigenvalue weighted by atomic mass is 10.0. The zero-order valence-corrected chi connectivity index (χ0v) is 24.8. The summed E-state index contributed by atoms with van der Waals surface area (Å²) in [4.78, 5) is 56.0. The van der Waals surface area contributed by atoms with Crippen LogP contribution >= 0.6 is 23.1 Å². The van der Waals surface area contributed by atoms with Crippen LogP contribution in [0.2, 0.25) is 0 Å². The summed E-state index contributed by atoms with van der Waals surface area (Å²) in [5, 5.41) is 9.55. The van der Waals surface area contributed by atoms with Crippen LogP contribution in [0.5, 0.6) is 5.75 Å². The van der Waals surface area contributed by atoms with Gasteiger partial charge in [0, 0.05) is 24.7 Å². The molecule has 3 atom stereocenters. The number of nitrogens with two attached hydrogens (primary N) is 1. The quantitative estimate of drug-likeness (QED) is 0.174. The maximum atomic E-state index is 13.5. The molecule has 0 spiro atoms. The van der Waals surface area contributed by atoms with E-state index >= 15 is 0 Å². The molecule has 13 nitrogen and oxygen atoms in total. The molecule has 1 aromatic carbocycles. The van der Waals surface area contributed by atoms with Crippen LogP contribution in [-0.2, 0) is 35.4 Å². The first-order chi connectivity index (χ1) is 20.3. The molecule has 3 aliphatic heterocycles. The second kappa shape index (κ2) is 12.9. The summed E-state index contributed by atoms with van der Waals surface area (Å²) in [5.74, 6) is -0.647. The Morgan fingerprint density at radius 1 is 1.29 bits per heavy atom. The lowest BCUT2D eigenvalue weighted by molar-refractivity contribution is -0.153. The number of hydroxylamine groups is 2. The largest absolute Gasteiger partial charge is 0.497 e. The van der Waals surface area contributed by atoms with Gasteiger partial charge in [0.2, 0.25) is 0 Å². The van der Waals surface area contributed by atoms with Gasteiger partial charge in [0.05, 0.1) is 13.2 Å². The summed E-state index contributed by atoms with van der Waals surface area (Å²) < 4.78 is 10.8. The van der Waals surface area contributed by atoms with Crippen molar-refractivity contribution in [3.05, 3.63) is 64.3 Å². The molecule has 15 heteroatoms. The highest BCUT2D eigenvalue weighted by molar-refractivity contribution is 8.00. The van der Waals surface area contributed by atoms with Crippen molar-refractivity contribution >= 4 is 51.7 Å². The minimum atomic E-state index is -0.901. The first-order valence-corrected chi connectivity index (χ1v) is 14.9. The van der Waals surface area contributed by atoms with Gasteiger partial charge < -0.3 is 25.4 Å². The number of nitrogens with zero attached hydrogens (tertiary/aromatic N) is 4. The summed E-state index contributed by atoms with van der Waals surface area (Å²) in [7, 11) is 4.73. The molecule has 1 aromatic heterocycles. The van der Waals surface area contributed by atoms with Crippen molar-refractivity contribution in [1.82, 2.24) is 20.3 Å². The Morgan fingerprint density at radius 3 is 2.71 bits per heavy atom. The van der Waals surface area contributed by atoms with E-state index in [1.165, 1.54) is 23.8 Å². The molecule has 42 heavy (non-hydrogen) atoms. The van der Waals surface area contributed by atoms with E-state index in [4.69, 9.17) is 24.9 Å². The fraction of sp³-hybridized carbons (Fsp3) is 0.370. The Hall–Kier alpha value is -3.92. The molecule has 2 fully saturated rings. The van der Waals surface area contributed by atoms with E-state index in [2.05, 4.69) is 15.5 Å². The Labute approximate surface area is 250 Å². The van der Waals surface area contributed by atoms with Crippen LogP contribution in [0.15, 0.2) is 58.2 Å². The molecule has 222 valence electrons. The second-order valence-corrected chi connectivity index (χ2v) is 11.5. The summed E-state index contributed by atoms with van der Waals surface area (Å²) in [6, 6.07) is 6.24. The Balaban J connectivity index is 1.35. The minimum absolute atomic E-state index is 0.00741. The molecule has 3 N–H and O–H groups in total. The zero-order valence-electron chi connectivity index (χ0n) is 23.1. The van der Waals surface area contributed by atoms with Crippen LogP contribution in [0.3, 0.4) is 0 Å². The number of methoxy groups -OCH3 is 1. The minimum Gasteiger partial charge on any atom is -0.497 e. The van der Waals surface area contributed by atoms with Crippen molar-refractivity contribution in [3.63, 3.8) is 0 Å². The molecule has 5 rings (SSSR count). The number of ether oxygens (including phenoxy) is 2. The fourth-order valence-corrected chi connectivity index (χ4v) is 6.47. The molecule has 0 saturated carbocycles. The topological polar surface area (TPSA) is 158 Å². The smallest absolute Gasteiger partial charge is 0.355 e. The molecule has 0 aliphatic carbocycles. The second-order valence-electron chi connectivity index (χ2n) is 9.50. The van der Waals surface area contributed by atoms with Crippen LogP contribution in [0.4, 0.5) is 5.13 Å². The number of rotatable bonds is 10. The zero-order chi connectivity index (χ0) is 29.8. The number of anilines is 1. The molecule has 3 aliphatic rings. The van der Waals surface area contributed by atoms with Crippen LogP contribution in [-0.4, -0.2) is 89.5 Å². The first kappa shape index (κ1) is 29.6. The van der Waals surface area contributed by atoms with E-state index in [1.807, 2.05) is 19.2 Å². The molecule has 4 heterocycles. The number of nitrogen functional groups attached to an aromatic ring is 1. The van der Waals surface area contributed by atoms with Gasteiger partial charge in [-0.05, 0) is 29.7 Å². The van der Waals surface area contributed by atoms with Gasteiger partial charge in [-0.25, -0.2) is 9.78 Å². The number of nitrogens with one attached hydrogen (secondary N) is 1. The van der Waals surface area contributed by atoms with Crippen LogP contribution < -0.4 is 15.8 Å². The highest BCUT2D eigenvalue weighted by atomic mass is 32.2. The van der Waals surface area contributed by atoms with Gasteiger partial charge in [-0.15, -0.1) is 23.1 Å². The van der Waals surface area contributed by atoms with Crippen molar-refractivity contribution in [3.8, 4) is 5.75 Å². The lowest BCUT2D eigenvalue weighted by Gasteiger charge is -2.49. The molecule has 2 aromatic rings. The number of esters is 1. The predicted octanol–water partition coefficient (Wildman–Crippen LogP) is 1.67. The van der Waals surface area contributed by atoms with Gasteiger partial charge in [0.25, 0.3) is 11.8 Å². The third-order valence-electron chi connectivity index (χ3n) is 6.72. The molecule has 2 amide bonds. The van der Waals surface area contributed by atoms with Crippen LogP contribution in [0, 0.1) is 0 Å².